The second-order valence-electron chi connectivity index (χ2n) is 4.03. The van der Waals surface area contributed by atoms with Gasteiger partial charge in [-0.05, 0) is 58.7 Å². The topological polar surface area (TPSA) is 17.1 Å². The minimum absolute atomic E-state index is 0.0213. The number of rotatable bonds is 2. The largest absolute Gasteiger partial charge is 0.289 e. The quantitative estimate of drug-likeness (QED) is 0.434. The fourth-order valence-electron chi connectivity index (χ4n) is 1.64. The van der Waals surface area contributed by atoms with Crippen molar-refractivity contribution in [2.75, 3.05) is 0 Å². The van der Waals surface area contributed by atoms with Crippen molar-refractivity contribution in [3.05, 3.63) is 64.9 Å². The lowest BCUT2D eigenvalue weighted by molar-refractivity contribution is 0.103. The van der Waals surface area contributed by atoms with Gasteiger partial charge in [-0.1, -0.05) is 47.8 Å². The number of carbonyl (C=O) groups excluding carboxylic acids is 1. The van der Waals surface area contributed by atoms with Crippen LogP contribution in [0.15, 0.2) is 48.2 Å². The van der Waals surface area contributed by atoms with Gasteiger partial charge in [-0.25, -0.2) is 0 Å². The lowest BCUT2D eigenvalue weighted by Gasteiger charge is -2.09. The third kappa shape index (κ3) is 3.38. The SMILES string of the molecule is Cc1cc(Br)c(C(=O)c2ccc(Br)cc2Br)cc1Br. The molecule has 1 nitrogen and oxygen atoms in total. The number of benzene rings is 2. The summed E-state index contributed by atoms with van der Waals surface area (Å²) >= 11 is 13.7. The summed E-state index contributed by atoms with van der Waals surface area (Å²) in [6.07, 6.45) is 0. The van der Waals surface area contributed by atoms with Crippen LogP contribution in [-0.4, -0.2) is 5.78 Å². The summed E-state index contributed by atoms with van der Waals surface area (Å²) in [4.78, 5) is 12.6. The highest BCUT2D eigenvalue weighted by Gasteiger charge is 2.16. The Kier molecular flexibility index (Phi) is 5.04. The van der Waals surface area contributed by atoms with Crippen LogP contribution in [0.5, 0.6) is 0 Å². The second-order valence-corrected chi connectivity index (χ2v) is 7.51. The molecule has 0 atom stereocenters. The molecule has 0 saturated carbocycles. The molecule has 0 N–H and O–H groups in total. The fraction of sp³-hybridized carbons (Fsp3) is 0.0714. The van der Waals surface area contributed by atoms with E-state index >= 15 is 0 Å². The van der Waals surface area contributed by atoms with Gasteiger partial charge in [-0.3, -0.25) is 4.79 Å². The lowest BCUT2D eigenvalue weighted by atomic mass is 10.0. The Morgan fingerprint density at radius 3 is 2.11 bits per heavy atom. The standard InChI is InChI=1S/C14H8Br4O/c1-7-4-12(17)10(6-11(7)16)14(19)9-3-2-8(15)5-13(9)18/h2-6H,1H3. The molecule has 0 heterocycles. The van der Waals surface area contributed by atoms with Gasteiger partial charge in [0.15, 0.2) is 5.78 Å². The molecular formula is C14H8Br4O. The zero-order chi connectivity index (χ0) is 14.2. The summed E-state index contributed by atoms with van der Waals surface area (Å²) in [5, 5.41) is 0. The highest BCUT2D eigenvalue weighted by Crippen LogP contribution is 2.30. The van der Waals surface area contributed by atoms with Crippen molar-refractivity contribution in [3.63, 3.8) is 0 Å². The van der Waals surface area contributed by atoms with Crippen LogP contribution in [0, 0.1) is 6.92 Å². The molecule has 0 saturated heterocycles. The number of carbonyl (C=O) groups is 1. The maximum absolute atomic E-state index is 12.6. The molecule has 0 radical (unpaired) electrons. The predicted octanol–water partition coefficient (Wildman–Crippen LogP) is 6.28. The Bertz CT molecular complexity index is 665. The third-order valence-electron chi connectivity index (χ3n) is 2.67. The summed E-state index contributed by atoms with van der Waals surface area (Å²) in [5.74, 6) is -0.0213. The van der Waals surface area contributed by atoms with Gasteiger partial charge in [0, 0.05) is 29.0 Å². The van der Waals surface area contributed by atoms with Crippen LogP contribution in [0.1, 0.15) is 21.5 Å². The monoisotopic (exact) mass is 508 g/mol. The van der Waals surface area contributed by atoms with E-state index in [4.69, 9.17) is 0 Å². The molecule has 0 amide bonds. The van der Waals surface area contributed by atoms with E-state index in [0.717, 1.165) is 23.5 Å². The molecule has 0 unspecified atom stereocenters. The average molecular weight is 512 g/mol. The Labute approximate surface area is 145 Å². The van der Waals surface area contributed by atoms with Crippen LogP contribution in [0.3, 0.4) is 0 Å². The average Bonchev–Trinajstić information content (AvgIpc) is 2.33. The van der Waals surface area contributed by atoms with E-state index < -0.39 is 0 Å². The summed E-state index contributed by atoms with van der Waals surface area (Å²) in [6.45, 7) is 1.98. The Morgan fingerprint density at radius 1 is 0.842 bits per heavy atom. The smallest absolute Gasteiger partial charge is 0.195 e. The molecule has 0 aliphatic carbocycles. The molecule has 0 aliphatic rings. The molecule has 2 rings (SSSR count). The molecule has 2 aromatic rings. The maximum atomic E-state index is 12.6. The molecule has 98 valence electrons. The van der Waals surface area contributed by atoms with Crippen LogP contribution >= 0.6 is 63.7 Å². The van der Waals surface area contributed by atoms with Crippen molar-refractivity contribution in [2.45, 2.75) is 6.92 Å². The van der Waals surface area contributed by atoms with E-state index in [1.165, 1.54) is 0 Å². The second kappa shape index (κ2) is 6.20. The Morgan fingerprint density at radius 2 is 1.47 bits per heavy atom. The van der Waals surface area contributed by atoms with Crippen LogP contribution < -0.4 is 0 Å². The van der Waals surface area contributed by atoms with Crippen molar-refractivity contribution in [3.8, 4) is 0 Å². The summed E-state index contributed by atoms with van der Waals surface area (Å²) in [5.41, 5.74) is 2.36. The van der Waals surface area contributed by atoms with E-state index in [0.29, 0.717) is 11.1 Å². The number of hydrogen-bond acceptors (Lipinski definition) is 1. The molecule has 2 aromatic carbocycles. The van der Waals surface area contributed by atoms with Gasteiger partial charge in [0.2, 0.25) is 0 Å². The summed E-state index contributed by atoms with van der Waals surface area (Å²) in [7, 11) is 0. The van der Waals surface area contributed by atoms with Crippen LogP contribution in [0.4, 0.5) is 0 Å². The number of hydrogen-bond donors (Lipinski definition) is 0. The highest BCUT2D eigenvalue weighted by atomic mass is 79.9. The molecule has 19 heavy (non-hydrogen) atoms. The summed E-state index contributed by atoms with van der Waals surface area (Å²) < 4.78 is 3.43. The van der Waals surface area contributed by atoms with Crippen LogP contribution in [0.2, 0.25) is 0 Å². The van der Waals surface area contributed by atoms with Crippen LogP contribution in [0.25, 0.3) is 0 Å². The van der Waals surface area contributed by atoms with Crippen molar-refractivity contribution in [1.29, 1.82) is 0 Å². The van der Waals surface area contributed by atoms with Gasteiger partial charge in [0.25, 0.3) is 0 Å². The Hall–Kier alpha value is 0.0300. The fourth-order valence-corrected chi connectivity index (χ4v) is 3.85. The number of aryl methyl sites for hydroxylation is 1. The maximum Gasteiger partial charge on any atom is 0.195 e. The molecule has 0 spiro atoms. The van der Waals surface area contributed by atoms with E-state index in [-0.39, 0.29) is 5.78 Å². The van der Waals surface area contributed by atoms with Crippen molar-refractivity contribution < 1.29 is 4.79 Å². The minimum Gasteiger partial charge on any atom is -0.289 e. The van der Waals surface area contributed by atoms with E-state index in [1.807, 2.05) is 31.2 Å². The third-order valence-corrected chi connectivity index (χ3v) is 5.33. The molecule has 0 aliphatic heterocycles. The first-order valence-corrected chi connectivity index (χ1v) is 8.52. The zero-order valence-corrected chi connectivity index (χ0v) is 16.2. The predicted molar refractivity (Wildman–Crippen MR) is 91.9 cm³/mol. The van der Waals surface area contributed by atoms with Crippen molar-refractivity contribution in [2.24, 2.45) is 0 Å². The normalized spacial score (nSPS) is 10.6. The van der Waals surface area contributed by atoms with E-state index in [2.05, 4.69) is 63.7 Å². The van der Waals surface area contributed by atoms with Gasteiger partial charge in [-0.2, -0.15) is 0 Å². The lowest BCUT2D eigenvalue weighted by Crippen LogP contribution is -2.04. The first-order chi connectivity index (χ1) is 8.90. The number of ketones is 1. The molecule has 0 bridgehead atoms. The van der Waals surface area contributed by atoms with Gasteiger partial charge < -0.3 is 0 Å². The summed E-state index contributed by atoms with van der Waals surface area (Å²) in [6, 6.07) is 9.30. The molecule has 5 heteroatoms. The Balaban J connectivity index is 2.53. The number of halogens is 4. The minimum atomic E-state index is -0.0213. The van der Waals surface area contributed by atoms with Gasteiger partial charge in [0.1, 0.15) is 0 Å². The van der Waals surface area contributed by atoms with Crippen molar-refractivity contribution in [1.82, 2.24) is 0 Å². The first kappa shape index (κ1) is 15.4. The van der Waals surface area contributed by atoms with Gasteiger partial charge in [0.05, 0.1) is 0 Å². The first-order valence-electron chi connectivity index (χ1n) is 5.35. The van der Waals surface area contributed by atoms with E-state index in [9.17, 15) is 4.79 Å². The van der Waals surface area contributed by atoms with Crippen LogP contribution in [-0.2, 0) is 0 Å². The molecule has 0 fully saturated rings. The van der Waals surface area contributed by atoms with Gasteiger partial charge in [-0.15, -0.1) is 0 Å². The van der Waals surface area contributed by atoms with Gasteiger partial charge >= 0.3 is 0 Å². The zero-order valence-electron chi connectivity index (χ0n) is 9.81. The molecule has 0 aromatic heterocycles. The van der Waals surface area contributed by atoms with Crippen molar-refractivity contribution >= 4 is 69.5 Å². The molecular weight excluding hydrogens is 504 g/mol. The van der Waals surface area contributed by atoms with E-state index in [1.54, 1.807) is 6.07 Å². The highest BCUT2D eigenvalue weighted by molar-refractivity contribution is 9.11.